The van der Waals surface area contributed by atoms with Crippen molar-refractivity contribution in [2.45, 2.75) is 52.4 Å². The first kappa shape index (κ1) is 16.8. The fourth-order valence-electron chi connectivity index (χ4n) is 1.29. The molecule has 104 valence electrons. The highest BCUT2D eigenvalue weighted by molar-refractivity contribution is 5.60. The zero-order valence-corrected chi connectivity index (χ0v) is 11.7. The van der Waals surface area contributed by atoms with Crippen LogP contribution in [0.4, 0.5) is 4.79 Å². The largest absolute Gasteiger partial charge is 0.508 e. The lowest BCUT2D eigenvalue weighted by molar-refractivity contribution is 0.0717. The molecule has 0 N–H and O–H groups in total. The first-order valence-electron chi connectivity index (χ1n) is 6.90. The van der Waals surface area contributed by atoms with E-state index >= 15 is 0 Å². The van der Waals surface area contributed by atoms with Crippen molar-refractivity contribution in [2.24, 2.45) is 0 Å². The van der Waals surface area contributed by atoms with Crippen LogP contribution in [0, 0.1) is 0 Å². The van der Waals surface area contributed by atoms with Crippen LogP contribution in [0.25, 0.3) is 0 Å². The fraction of sp³-hybridized carbons (Fsp3) is 0.667. The minimum absolute atomic E-state index is 0.294. The summed E-state index contributed by atoms with van der Waals surface area (Å²) in [5.74, 6) is 0. The molecule has 0 heterocycles. The average molecular weight is 254 g/mol. The molecular formula is C15H26O3. The number of hydrogen-bond donors (Lipinski definition) is 0. The van der Waals surface area contributed by atoms with Crippen LogP contribution in [0.3, 0.4) is 0 Å². The highest BCUT2D eigenvalue weighted by atomic mass is 16.7. The standard InChI is InChI=1S/C15H26O3/c1-3-5-7-9-11-13-17-15(16)18-14-12-10-8-6-4-2/h9-12H,3-8,13-14H2,1-2H3/b11-9+,12-10+. The molecule has 0 radical (unpaired) electrons. The first-order chi connectivity index (χ1) is 8.81. The molecule has 0 fully saturated rings. The van der Waals surface area contributed by atoms with Crippen LogP contribution in [0.5, 0.6) is 0 Å². The molecule has 0 aliphatic carbocycles. The van der Waals surface area contributed by atoms with Gasteiger partial charge in [-0.2, -0.15) is 0 Å². The molecule has 0 aromatic rings. The molecule has 0 aliphatic heterocycles. The monoisotopic (exact) mass is 254 g/mol. The van der Waals surface area contributed by atoms with Gasteiger partial charge < -0.3 is 9.47 Å². The van der Waals surface area contributed by atoms with E-state index in [1.165, 1.54) is 25.7 Å². The number of ether oxygens (including phenoxy) is 2. The molecule has 0 amide bonds. The lowest BCUT2D eigenvalue weighted by Gasteiger charge is -2.01. The van der Waals surface area contributed by atoms with E-state index in [9.17, 15) is 4.79 Å². The second kappa shape index (κ2) is 13.8. The van der Waals surface area contributed by atoms with Crippen LogP contribution in [0.1, 0.15) is 52.4 Å². The van der Waals surface area contributed by atoms with Gasteiger partial charge in [0, 0.05) is 0 Å². The van der Waals surface area contributed by atoms with Crippen LogP contribution in [0.15, 0.2) is 24.3 Å². The molecular weight excluding hydrogens is 228 g/mol. The van der Waals surface area contributed by atoms with E-state index < -0.39 is 6.16 Å². The van der Waals surface area contributed by atoms with E-state index in [2.05, 4.69) is 13.8 Å². The molecule has 0 atom stereocenters. The number of hydrogen-bond acceptors (Lipinski definition) is 3. The fourth-order valence-corrected chi connectivity index (χ4v) is 1.29. The third-order valence-corrected chi connectivity index (χ3v) is 2.38. The summed E-state index contributed by atoms with van der Waals surface area (Å²) in [7, 11) is 0. The Balaban J connectivity index is 3.37. The molecule has 3 nitrogen and oxygen atoms in total. The normalized spacial score (nSPS) is 11.2. The Morgan fingerprint density at radius 1 is 0.833 bits per heavy atom. The second-order valence-electron chi connectivity index (χ2n) is 4.10. The van der Waals surface area contributed by atoms with Gasteiger partial charge in [-0.05, 0) is 12.8 Å². The number of carbonyl (C=O) groups excluding carboxylic acids is 1. The topological polar surface area (TPSA) is 35.5 Å². The maximum absolute atomic E-state index is 11.1. The van der Waals surface area contributed by atoms with Crippen LogP contribution in [0.2, 0.25) is 0 Å². The van der Waals surface area contributed by atoms with Gasteiger partial charge in [-0.15, -0.1) is 0 Å². The Morgan fingerprint density at radius 3 is 1.67 bits per heavy atom. The van der Waals surface area contributed by atoms with Gasteiger partial charge in [-0.1, -0.05) is 63.8 Å². The molecule has 3 heteroatoms. The summed E-state index contributed by atoms with van der Waals surface area (Å²) < 4.78 is 9.74. The van der Waals surface area contributed by atoms with Gasteiger partial charge in [0.15, 0.2) is 0 Å². The summed E-state index contributed by atoms with van der Waals surface area (Å²) >= 11 is 0. The average Bonchev–Trinajstić information content (AvgIpc) is 2.38. The van der Waals surface area contributed by atoms with E-state index in [-0.39, 0.29) is 0 Å². The molecule has 0 aliphatic rings. The maximum Gasteiger partial charge on any atom is 0.508 e. The summed E-state index contributed by atoms with van der Waals surface area (Å²) in [6.07, 6.45) is 13.9. The van der Waals surface area contributed by atoms with Gasteiger partial charge in [0.1, 0.15) is 13.2 Å². The van der Waals surface area contributed by atoms with E-state index in [0.29, 0.717) is 13.2 Å². The number of unbranched alkanes of at least 4 members (excludes halogenated alkanes) is 4. The van der Waals surface area contributed by atoms with Gasteiger partial charge >= 0.3 is 6.16 Å². The van der Waals surface area contributed by atoms with Gasteiger partial charge in [0.05, 0.1) is 0 Å². The number of allylic oxidation sites excluding steroid dienone is 2. The molecule has 0 unspecified atom stereocenters. The van der Waals surface area contributed by atoms with Crippen molar-refractivity contribution in [1.29, 1.82) is 0 Å². The number of rotatable bonds is 10. The number of carbonyl (C=O) groups is 1. The predicted octanol–water partition coefficient (Wildman–Crippen LogP) is 4.63. The molecule has 18 heavy (non-hydrogen) atoms. The zero-order valence-electron chi connectivity index (χ0n) is 11.7. The molecule has 0 rings (SSSR count). The van der Waals surface area contributed by atoms with Gasteiger partial charge in [0.25, 0.3) is 0 Å². The van der Waals surface area contributed by atoms with Crippen LogP contribution < -0.4 is 0 Å². The van der Waals surface area contributed by atoms with Crippen LogP contribution >= 0.6 is 0 Å². The lowest BCUT2D eigenvalue weighted by Crippen LogP contribution is -2.07. The smallest absolute Gasteiger partial charge is 0.430 e. The third kappa shape index (κ3) is 12.8. The molecule has 0 saturated carbocycles. The summed E-state index contributed by atoms with van der Waals surface area (Å²) in [4.78, 5) is 11.1. The van der Waals surface area contributed by atoms with E-state index in [0.717, 1.165) is 12.8 Å². The SMILES string of the molecule is CCCC/C=C/COC(=O)OC/C=C/CCCC. The second-order valence-corrected chi connectivity index (χ2v) is 4.10. The van der Waals surface area contributed by atoms with Crippen molar-refractivity contribution in [1.82, 2.24) is 0 Å². The highest BCUT2D eigenvalue weighted by Crippen LogP contribution is 1.96. The van der Waals surface area contributed by atoms with Crippen molar-refractivity contribution in [3.8, 4) is 0 Å². The summed E-state index contributed by atoms with van der Waals surface area (Å²) in [6.45, 7) is 4.88. The van der Waals surface area contributed by atoms with Crippen LogP contribution in [-0.2, 0) is 9.47 Å². The zero-order chi connectivity index (χ0) is 13.5. The van der Waals surface area contributed by atoms with Crippen molar-refractivity contribution < 1.29 is 14.3 Å². The Labute approximate surface area is 111 Å². The van der Waals surface area contributed by atoms with Crippen molar-refractivity contribution in [3.05, 3.63) is 24.3 Å². The summed E-state index contributed by atoms with van der Waals surface area (Å²) in [5.41, 5.74) is 0. The quantitative estimate of drug-likeness (QED) is 0.324. The van der Waals surface area contributed by atoms with Crippen molar-refractivity contribution in [3.63, 3.8) is 0 Å². The Hall–Kier alpha value is -1.25. The van der Waals surface area contributed by atoms with Crippen LogP contribution in [-0.4, -0.2) is 19.4 Å². The van der Waals surface area contributed by atoms with Gasteiger partial charge in [-0.25, -0.2) is 4.79 Å². The molecule has 0 aromatic carbocycles. The Morgan fingerprint density at radius 2 is 1.28 bits per heavy atom. The highest BCUT2D eigenvalue weighted by Gasteiger charge is 1.99. The van der Waals surface area contributed by atoms with Crippen molar-refractivity contribution in [2.75, 3.05) is 13.2 Å². The van der Waals surface area contributed by atoms with Gasteiger partial charge in [0.2, 0.25) is 0 Å². The van der Waals surface area contributed by atoms with E-state index in [1.807, 2.05) is 24.3 Å². The Bertz CT molecular complexity index is 220. The van der Waals surface area contributed by atoms with Gasteiger partial charge in [-0.3, -0.25) is 0 Å². The molecule has 0 aromatic heterocycles. The van der Waals surface area contributed by atoms with E-state index in [4.69, 9.17) is 9.47 Å². The molecule has 0 spiro atoms. The minimum atomic E-state index is -0.602. The first-order valence-corrected chi connectivity index (χ1v) is 6.90. The summed E-state index contributed by atoms with van der Waals surface area (Å²) in [5, 5.41) is 0. The minimum Gasteiger partial charge on any atom is -0.430 e. The Kier molecular flexibility index (Phi) is 12.9. The molecule has 0 bridgehead atoms. The van der Waals surface area contributed by atoms with Crippen molar-refractivity contribution >= 4 is 6.16 Å². The maximum atomic E-state index is 11.1. The summed E-state index contributed by atoms with van der Waals surface area (Å²) in [6, 6.07) is 0. The van der Waals surface area contributed by atoms with E-state index in [1.54, 1.807) is 0 Å². The molecule has 0 saturated heterocycles. The predicted molar refractivity (Wildman–Crippen MR) is 74.6 cm³/mol. The third-order valence-electron chi connectivity index (χ3n) is 2.38. The lowest BCUT2D eigenvalue weighted by atomic mass is 10.2.